The first-order valence-electron chi connectivity index (χ1n) is 7.04. The molecule has 1 fully saturated rings. The van der Waals surface area contributed by atoms with Crippen LogP contribution in [-0.2, 0) is 6.54 Å². The number of hydrogen-bond donors (Lipinski definition) is 1. The van der Waals surface area contributed by atoms with Crippen molar-refractivity contribution in [2.24, 2.45) is 0 Å². The van der Waals surface area contributed by atoms with E-state index < -0.39 is 5.82 Å². The normalized spacial score (nSPS) is 19.5. The average molecular weight is 266 g/mol. The van der Waals surface area contributed by atoms with Crippen molar-refractivity contribution in [3.8, 4) is 5.75 Å². The maximum atomic E-state index is 13.3. The highest BCUT2D eigenvalue weighted by Gasteiger charge is 2.21. The van der Waals surface area contributed by atoms with E-state index in [1.54, 1.807) is 12.1 Å². The van der Waals surface area contributed by atoms with Gasteiger partial charge in [-0.1, -0.05) is 19.1 Å². The third-order valence-corrected chi connectivity index (χ3v) is 4.09. The maximum absolute atomic E-state index is 13.3. The molecule has 3 nitrogen and oxygen atoms in total. The largest absolute Gasteiger partial charge is 0.505 e. The Kier molecular flexibility index (Phi) is 4.77. The molecule has 1 heterocycles. The van der Waals surface area contributed by atoms with Gasteiger partial charge in [-0.15, -0.1) is 0 Å². The molecular weight excluding hydrogens is 243 g/mol. The van der Waals surface area contributed by atoms with Gasteiger partial charge >= 0.3 is 0 Å². The second-order valence-electron chi connectivity index (χ2n) is 5.32. The van der Waals surface area contributed by atoms with E-state index in [9.17, 15) is 9.50 Å². The molecule has 1 aliphatic rings. The van der Waals surface area contributed by atoms with Crippen molar-refractivity contribution in [3.05, 3.63) is 29.6 Å². The smallest absolute Gasteiger partial charge is 0.165 e. The number of benzene rings is 1. The van der Waals surface area contributed by atoms with E-state index in [2.05, 4.69) is 23.6 Å². The van der Waals surface area contributed by atoms with Crippen molar-refractivity contribution >= 4 is 0 Å². The fourth-order valence-corrected chi connectivity index (χ4v) is 2.55. The zero-order valence-electron chi connectivity index (χ0n) is 11.8. The summed E-state index contributed by atoms with van der Waals surface area (Å²) in [6, 6.07) is 5.36. The summed E-state index contributed by atoms with van der Waals surface area (Å²) < 4.78 is 13.3. The molecule has 1 atom stereocenters. The van der Waals surface area contributed by atoms with Crippen LogP contribution in [0, 0.1) is 5.82 Å². The molecule has 1 aromatic carbocycles. The van der Waals surface area contributed by atoms with Crippen LogP contribution in [0.1, 0.15) is 25.8 Å². The molecule has 0 bridgehead atoms. The lowest BCUT2D eigenvalue weighted by Crippen LogP contribution is -2.48. The molecular formula is C15H23FN2O. The first kappa shape index (κ1) is 14.3. The molecule has 0 amide bonds. The molecule has 1 N–H and O–H groups in total. The predicted molar refractivity (Wildman–Crippen MR) is 74.7 cm³/mol. The predicted octanol–water partition coefficient (Wildman–Crippen LogP) is 2.45. The summed E-state index contributed by atoms with van der Waals surface area (Å²) in [6.45, 7) is 9.13. The Bertz CT molecular complexity index is 417. The summed E-state index contributed by atoms with van der Waals surface area (Å²) in [5.74, 6) is -0.734. The summed E-state index contributed by atoms with van der Waals surface area (Å²) in [5.41, 5.74) is 0.678. The zero-order valence-corrected chi connectivity index (χ0v) is 11.8. The van der Waals surface area contributed by atoms with Gasteiger partial charge in [0.15, 0.2) is 11.6 Å². The standard InChI is InChI=1S/C15H23FN2O/c1-3-12(2)18-9-7-17(8-10-18)11-13-5-4-6-14(16)15(13)19/h4-6,12,19H,3,7-11H2,1-2H3. The fourth-order valence-electron chi connectivity index (χ4n) is 2.55. The minimum Gasteiger partial charge on any atom is -0.505 e. The molecule has 2 rings (SSSR count). The van der Waals surface area contributed by atoms with Crippen LogP contribution in [0.4, 0.5) is 4.39 Å². The molecule has 106 valence electrons. The minimum atomic E-state index is -0.532. The van der Waals surface area contributed by atoms with E-state index in [1.165, 1.54) is 12.5 Å². The SMILES string of the molecule is CCC(C)N1CCN(Cc2cccc(F)c2O)CC1. The second-order valence-corrected chi connectivity index (χ2v) is 5.32. The van der Waals surface area contributed by atoms with Crippen LogP contribution in [0.2, 0.25) is 0 Å². The van der Waals surface area contributed by atoms with Gasteiger partial charge in [-0.2, -0.15) is 0 Å². The van der Waals surface area contributed by atoms with Crippen LogP contribution in [0.5, 0.6) is 5.75 Å². The summed E-state index contributed by atoms with van der Waals surface area (Å²) in [6.07, 6.45) is 1.17. The first-order valence-corrected chi connectivity index (χ1v) is 7.04. The number of rotatable bonds is 4. The van der Waals surface area contributed by atoms with Crippen molar-refractivity contribution in [2.75, 3.05) is 26.2 Å². The van der Waals surface area contributed by atoms with Crippen molar-refractivity contribution < 1.29 is 9.50 Å². The van der Waals surface area contributed by atoms with Crippen molar-refractivity contribution in [1.82, 2.24) is 9.80 Å². The van der Waals surface area contributed by atoms with Gasteiger partial charge in [0.05, 0.1) is 0 Å². The lowest BCUT2D eigenvalue weighted by Gasteiger charge is -2.37. The Hall–Kier alpha value is -1.13. The molecule has 0 radical (unpaired) electrons. The molecule has 0 saturated carbocycles. The van der Waals surface area contributed by atoms with Gasteiger partial charge in [-0.05, 0) is 19.4 Å². The quantitative estimate of drug-likeness (QED) is 0.907. The molecule has 4 heteroatoms. The lowest BCUT2D eigenvalue weighted by molar-refractivity contribution is 0.0957. The van der Waals surface area contributed by atoms with Crippen LogP contribution in [0.25, 0.3) is 0 Å². The monoisotopic (exact) mass is 266 g/mol. The molecule has 1 unspecified atom stereocenters. The maximum Gasteiger partial charge on any atom is 0.165 e. The third-order valence-electron chi connectivity index (χ3n) is 4.09. The van der Waals surface area contributed by atoms with E-state index in [0.717, 1.165) is 26.2 Å². The fraction of sp³-hybridized carbons (Fsp3) is 0.600. The summed E-state index contributed by atoms with van der Waals surface area (Å²) >= 11 is 0. The van der Waals surface area contributed by atoms with Crippen LogP contribution in [0.15, 0.2) is 18.2 Å². The van der Waals surface area contributed by atoms with Crippen LogP contribution in [-0.4, -0.2) is 47.1 Å². The number of piperazine rings is 1. The highest BCUT2D eigenvalue weighted by atomic mass is 19.1. The molecule has 1 aliphatic heterocycles. The Morgan fingerprint density at radius 2 is 1.95 bits per heavy atom. The molecule has 0 aromatic heterocycles. The van der Waals surface area contributed by atoms with Crippen molar-refractivity contribution in [3.63, 3.8) is 0 Å². The van der Waals surface area contributed by atoms with Gasteiger partial charge in [-0.3, -0.25) is 9.80 Å². The highest BCUT2D eigenvalue weighted by Crippen LogP contribution is 2.22. The van der Waals surface area contributed by atoms with Gasteiger partial charge in [0.2, 0.25) is 0 Å². The number of hydrogen-bond acceptors (Lipinski definition) is 3. The Morgan fingerprint density at radius 3 is 2.58 bits per heavy atom. The molecule has 1 aromatic rings. The average Bonchev–Trinajstić information content (AvgIpc) is 2.44. The molecule has 19 heavy (non-hydrogen) atoms. The zero-order chi connectivity index (χ0) is 13.8. The van der Waals surface area contributed by atoms with Gasteiger partial charge in [-0.25, -0.2) is 4.39 Å². The number of phenolic OH excluding ortho intramolecular Hbond substituents is 1. The molecule has 1 saturated heterocycles. The first-order chi connectivity index (χ1) is 9.11. The van der Waals surface area contributed by atoms with E-state index in [1.807, 2.05) is 0 Å². The topological polar surface area (TPSA) is 26.7 Å². The van der Waals surface area contributed by atoms with Crippen LogP contribution >= 0.6 is 0 Å². The Labute approximate surface area is 114 Å². The van der Waals surface area contributed by atoms with Gasteiger partial charge < -0.3 is 5.11 Å². The Balaban J connectivity index is 1.90. The van der Waals surface area contributed by atoms with Gasteiger partial charge in [0, 0.05) is 44.3 Å². The van der Waals surface area contributed by atoms with Crippen molar-refractivity contribution in [1.29, 1.82) is 0 Å². The summed E-state index contributed by atoms with van der Waals surface area (Å²) in [5, 5.41) is 9.69. The van der Waals surface area contributed by atoms with Crippen LogP contribution in [0.3, 0.4) is 0 Å². The minimum absolute atomic E-state index is 0.202. The number of halogens is 1. The number of nitrogens with zero attached hydrogens (tertiary/aromatic N) is 2. The van der Waals surface area contributed by atoms with Crippen LogP contribution < -0.4 is 0 Å². The number of phenols is 1. The number of aromatic hydroxyl groups is 1. The second kappa shape index (κ2) is 6.35. The van der Waals surface area contributed by atoms with E-state index in [0.29, 0.717) is 18.2 Å². The summed E-state index contributed by atoms with van der Waals surface area (Å²) in [7, 11) is 0. The highest BCUT2D eigenvalue weighted by molar-refractivity contribution is 5.33. The third kappa shape index (κ3) is 3.45. The number of para-hydroxylation sites is 1. The van der Waals surface area contributed by atoms with E-state index >= 15 is 0 Å². The molecule has 0 aliphatic carbocycles. The summed E-state index contributed by atoms with van der Waals surface area (Å²) in [4.78, 5) is 4.76. The Morgan fingerprint density at radius 1 is 1.26 bits per heavy atom. The van der Waals surface area contributed by atoms with E-state index in [4.69, 9.17) is 0 Å². The van der Waals surface area contributed by atoms with Crippen molar-refractivity contribution in [2.45, 2.75) is 32.9 Å². The van der Waals surface area contributed by atoms with E-state index in [-0.39, 0.29) is 5.75 Å². The lowest BCUT2D eigenvalue weighted by atomic mass is 10.1. The molecule has 0 spiro atoms. The van der Waals surface area contributed by atoms with Gasteiger partial charge in [0.25, 0.3) is 0 Å². The van der Waals surface area contributed by atoms with Gasteiger partial charge in [0.1, 0.15) is 0 Å².